The van der Waals surface area contributed by atoms with Gasteiger partial charge in [0, 0.05) is 20.8 Å². The third-order valence-electron chi connectivity index (χ3n) is 2.38. The molecule has 5 nitrogen and oxygen atoms in total. The molecule has 0 heterocycles. The molecule has 0 fully saturated rings. The summed E-state index contributed by atoms with van der Waals surface area (Å²) in [5, 5.41) is 9.13. The van der Waals surface area contributed by atoms with Crippen LogP contribution in [0.5, 0.6) is 5.75 Å². The molecule has 0 aliphatic carbocycles. The van der Waals surface area contributed by atoms with Crippen molar-refractivity contribution < 1.29 is 18.3 Å². The number of phenolic OH excluding ortho intramolecular Hbond substituents is 1. The molecule has 0 spiro atoms. The molecule has 96 valence electrons. The van der Waals surface area contributed by atoms with Gasteiger partial charge in [-0.15, -0.1) is 0 Å². The van der Waals surface area contributed by atoms with E-state index in [1.165, 1.54) is 30.6 Å². The minimum Gasteiger partial charge on any atom is -0.508 e. The van der Waals surface area contributed by atoms with Crippen LogP contribution in [0.2, 0.25) is 0 Å². The summed E-state index contributed by atoms with van der Waals surface area (Å²) in [6.45, 7) is 0.419. The van der Waals surface area contributed by atoms with E-state index in [4.69, 9.17) is 9.84 Å². The zero-order valence-corrected chi connectivity index (χ0v) is 10.8. The Morgan fingerprint density at radius 3 is 2.41 bits per heavy atom. The van der Waals surface area contributed by atoms with Crippen LogP contribution in [-0.2, 0) is 14.8 Å². The van der Waals surface area contributed by atoms with Crippen molar-refractivity contribution >= 4 is 15.7 Å². The number of sulfonamides is 1. The van der Waals surface area contributed by atoms with Gasteiger partial charge in [0.05, 0.1) is 11.4 Å². The zero-order valence-electron chi connectivity index (χ0n) is 9.96. The number of hydrogen-bond donors (Lipinski definition) is 1. The summed E-state index contributed by atoms with van der Waals surface area (Å²) >= 11 is 0. The Bertz CT molecular complexity index is 441. The summed E-state index contributed by atoms with van der Waals surface area (Å²) in [4.78, 5) is 0. The van der Waals surface area contributed by atoms with Gasteiger partial charge in [-0.25, -0.2) is 8.42 Å². The predicted octanol–water partition coefficient (Wildman–Crippen LogP) is 1.19. The van der Waals surface area contributed by atoms with Gasteiger partial charge in [0.25, 0.3) is 0 Å². The highest BCUT2D eigenvalue weighted by molar-refractivity contribution is 7.92. The highest BCUT2D eigenvalue weighted by Crippen LogP contribution is 2.20. The quantitative estimate of drug-likeness (QED) is 0.779. The van der Waals surface area contributed by atoms with E-state index in [1.54, 1.807) is 12.1 Å². The Morgan fingerprint density at radius 2 is 1.88 bits per heavy atom. The lowest BCUT2D eigenvalue weighted by Gasteiger charge is -2.19. The first kappa shape index (κ1) is 13.8. The Labute approximate surface area is 102 Å². The van der Waals surface area contributed by atoms with E-state index in [2.05, 4.69) is 0 Å². The van der Waals surface area contributed by atoms with E-state index in [9.17, 15) is 8.42 Å². The average molecular weight is 259 g/mol. The molecule has 1 rings (SSSR count). The number of hydrogen-bond acceptors (Lipinski definition) is 4. The second-order valence-electron chi connectivity index (χ2n) is 3.65. The van der Waals surface area contributed by atoms with E-state index < -0.39 is 10.0 Å². The molecule has 0 aliphatic rings. The normalized spacial score (nSPS) is 11.4. The molecular formula is C11H17NO4S. The summed E-state index contributed by atoms with van der Waals surface area (Å²) in [6.07, 6.45) is 0.460. The maximum Gasteiger partial charge on any atom is 0.234 e. The first-order chi connectivity index (χ1) is 7.97. The molecule has 0 aromatic heterocycles. The van der Waals surface area contributed by atoms with Gasteiger partial charge in [0.1, 0.15) is 5.75 Å². The summed E-state index contributed by atoms with van der Waals surface area (Å²) in [6, 6.07) is 6.03. The van der Waals surface area contributed by atoms with Crippen molar-refractivity contribution in [3.05, 3.63) is 24.3 Å². The van der Waals surface area contributed by atoms with Crippen molar-refractivity contribution in [1.29, 1.82) is 0 Å². The molecule has 1 aromatic rings. The molecule has 1 aromatic carbocycles. The van der Waals surface area contributed by atoms with Gasteiger partial charge < -0.3 is 9.84 Å². The molecule has 0 radical (unpaired) electrons. The van der Waals surface area contributed by atoms with Gasteiger partial charge in [0.15, 0.2) is 0 Å². The average Bonchev–Trinajstić information content (AvgIpc) is 2.29. The first-order valence-corrected chi connectivity index (χ1v) is 6.83. The SMILES string of the molecule is COCCCS(=O)(=O)N(C)c1ccc(O)cc1. The smallest absolute Gasteiger partial charge is 0.234 e. The third-order valence-corrected chi connectivity index (χ3v) is 4.23. The van der Waals surface area contributed by atoms with Gasteiger partial charge in [-0.2, -0.15) is 0 Å². The maximum absolute atomic E-state index is 11.9. The van der Waals surface area contributed by atoms with Crippen LogP contribution in [0.3, 0.4) is 0 Å². The van der Waals surface area contributed by atoms with E-state index in [0.29, 0.717) is 18.7 Å². The van der Waals surface area contributed by atoms with Crippen LogP contribution >= 0.6 is 0 Å². The minimum atomic E-state index is -3.33. The van der Waals surface area contributed by atoms with Gasteiger partial charge in [-0.1, -0.05) is 0 Å². The van der Waals surface area contributed by atoms with Gasteiger partial charge >= 0.3 is 0 Å². The Balaban J connectivity index is 2.74. The topological polar surface area (TPSA) is 66.8 Å². The number of methoxy groups -OCH3 is 1. The molecule has 0 atom stereocenters. The second-order valence-corrected chi connectivity index (χ2v) is 5.77. The number of anilines is 1. The van der Waals surface area contributed by atoms with Crippen LogP contribution in [0.15, 0.2) is 24.3 Å². The molecular weight excluding hydrogens is 242 g/mol. The summed E-state index contributed by atoms with van der Waals surface area (Å²) < 4.78 is 29.8. The lowest BCUT2D eigenvalue weighted by Crippen LogP contribution is -2.29. The first-order valence-electron chi connectivity index (χ1n) is 5.22. The van der Waals surface area contributed by atoms with Crippen LogP contribution in [0.25, 0.3) is 0 Å². The van der Waals surface area contributed by atoms with Crippen molar-refractivity contribution in [2.45, 2.75) is 6.42 Å². The van der Waals surface area contributed by atoms with Crippen LogP contribution in [0.1, 0.15) is 6.42 Å². The fraction of sp³-hybridized carbons (Fsp3) is 0.455. The molecule has 0 saturated carbocycles. The Hall–Kier alpha value is -1.27. The van der Waals surface area contributed by atoms with E-state index in [0.717, 1.165) is 0 Å². The summed E-state index contributed by atoms with van der Waals surface area (Å²) in [5.74, 6) is 0.150. The standard InChI is InChI=1S/C11H17NO4S/c1-12(10-4-6-11(13)7-5-10)17(14,15)9-3-8-16-2/h4-7,13H,3,8-9H2,1-2H3. The highest BCUT2D eigenvalue weighted by Gasteiger charge is 2.17. The van der Waals surface area contributed by atoms with Crippen LogP contribution in [0.4, 0.5) is 5.69 Å². The third kappa shape index (κ3) is 3.90. The number of benzene rings is 1. The van der Waals surface area contributed by atoms with E-state index in [-0.39, 0.29) is 11.5 Å². The maximum atomic E-state index is 11.9. The molecule has 1 N–H and O–H groups in total. The second kappa shape index (κ2) is 5.88. The molecule has 17 heavy (non-hydrogen) atoms. The number of rotatable bonds is 6. The van der Waals surface area contributed by atoms with Crippen molar-refractivity contribution in [2.75, 3.05) is 30.8 Å². The number of phenols is 1. The number of ether oxygens (including phenoxy) is 1. The fourth-order valence-corrected chi connectivity index (χ4v) is 2.55. The lowest BCUT2D eigenvalue weighted by atomic mass is 10.3. The zero-order chi connectivity index (χ0) is 12.9. The Morgan fingerprint density at radius 1 is 1.29 bits per heavy atom. The predicted molar refractivity (Wildman–Crippen MR) is 66.8 cm³/mol. The van der Waals surface area contributed by atoms with Crippen LogP contribution < -0.4 is 4.31 Å². The van der Waals surface area contributed by atoms with Crippen LogP contribution in [0, 0.1) is 0 Å². The van der Waals surface area contributed by atoms with Gasteiger partial charge in [0.2, 0.25) is 10.0 Å². The van der Waals surface area contributed by atoms with Gasteiger partial charge in [-0.05, 0) is 30.7 Å². The van der Waals surface area contributed by atoms with Crippen molar-refractivity contribution in [2.24, 2.45) is 0 Å². The molecule has 0 bridgehead atoms. The highest BCUT2D eigenvalue weighted by atomic mass is 32.2. The molecule has 0 aliphatic heterocycles. The lowest BCUT2D eigenvalue weighted by molar-refractivity contribution is 0.199. The van der Waals surface area contributed by atoms with Crippen molar-refractivity contribution in [3.63, 3.8) is 0 Å². The number of nitrogens with zero attached hydrogens (tertiary/aromatic N) is 1. The van der Waals surface area contributed by atoms with Gasteiger partial charge in [-0.3, -0.25) is 4.31 Å². The van der Waals surface area contributed by atoms with E-state index in [1.807, 2.05) is 0 Å². The monoisotopic (exact) mass is 259 g/mol. The van der Waals surface area contributed by atoms with Crippen molar-refractivity contribution in [3.8, 4) is 5.75 Å². The van der Waals surface area contributed by atoms with E-state index >= 15 is 0 Å². The Kier molecular flexibility index (Phi) is 4.77. The largest absolute Gasteiger partial charge is 0.508 e. The molecule has 0 saturated heterocycles. The minimum absolute atomic E-state index is 0.0399. The molecule has 0 amide bonds. The molecule has 0 unspecified atom stereocenters. The fourth-order valence-electron chi connectivity index (χ4n) is 1.35. The summed E-state index contributed by atoms with van der Waals surface area (Å²) in [5.41, 5.74) is 0.528. The molecule has 6 heteroatoms. The van der Waals surface area contributed by atoms with Crippen molar-refractivity contribution in [1.82, 2.24) is 0 Å². The van der Waals surface area contributed by atoms with Crippen LogP contribution in [-0.4, -0.2) is 40.0 Å². The summed E-state index contributed by atoms with van der Waals surface area (Å²) in [7, 11) is -0.294. The number of aromatic hydroxyl groups is 1.